The summed E-state index contributed by atoms with van der Waals surface area (Å²) in [6.45, 7) is 0. The van der Waals surface area contributed by atoms with Gasteiger partial charge in [0.05, 0.1) is 22.8 Å². The van der Waals surface area contributed by atoms with Crippen LogP contribution in [0, 0.1) is 0 Å². The molecule has 0 fully saturated rings. The summed E-state index contributed by atoms with van der Waals surface area (Å²) in [7, 11) is -3.89. The highest BCUT2D eigenvalue weighted by molar-refractivity contribution is 8.37. The lowest BCUT2D eigenvalue weighted by Gasteiger charge is -2.39. The van der Waals surface area contributed by atoms with E-state index in [0.717, 1.165) is 54.2 Å². The number of hydrogen-bond acceptors (Lipinski definition) is 10. The zero-order valence-corrected chi connectivity index (χ0v) is 53.7. The van der Waals surface area contributed by atoms with E-state index in [1.54, 1.807) is 45.3 Å². The molecule has 13 aromatic rings. The number of benzene rings is 7. The zero-order valence-electron chi connectivity index (χ0n) is 47.2. The van der Waals surface area contributed by atoms with Crippen LogP contribution in [0.4, 0.5) is 0 Å². The Morgan fingerprint density at radius 3 is 1.16 bits per heavy atom. The molecule has 3 atom stereocenters. The van der Waals surface area contributed by atoms with Crippen molar-refractivity contribution in [2.24, 2.45) is 0 Å². The number of rotatable bonds is 12. The fourth-order valence-electron chi connectivity index (χ4n) is 13.5. The molecule has 0 amide bonds. The third-order valence-corrected chi connectivity index (χ3v) is 31.1. The average molecular weight is 1290 g/mol. The predicted octanol–water partition coefficient (Wildman–Crippen LogP) is 22.1. The molecule has 6 aromatic heterocycles. The number of allylic oxidation sites excluding steroid dienone is 4. The van der Waals surface area contributed by atoms with Gasteiger partial charge in [0.15, 0.2) is 0 Å². The summed E-state index contributed by atoms with van der Waals surface area (Å²) in [6, 6.07) is 71.5. The summed E-state index contributed by atoms with van der Waals surface area (Å²) in [6.07, 6.45) is 23.4. The summed E-state index contributed by atoms with van der Waals surface area (Å²) < 4.78 is 4.72. The van der Waals surface area contributed by atoms with Gasteiger partial charge >= 0.3 is 0 Å². The molecule has 0 spiro atoms. The predicted molar refractivity (Wildman–Crippen MR) is 378 cm³/mol. The smallest absolute Gasteiger partial charge is 0.140 e. The first-order chi connectivity index (χ1) is 44.1. The SMILES string of the molecule is C1=CC=CC=CC=1S1(c2ccccc2)c2ccc(C3=CC4SC(c5ccc6c(c5)-c5cc(-n7c(-c8nccs8)ccc7-c7nccs7)ccc5S6(c5ccccc5)c5ccccc5)=CC4S3)cc2-c2cc(-n3c(-c4nccs4)ccc3-c3nccs3)ccc21. The van der Waals surface area contributed by atoms with Crippen molar-refractivity contribution < 1.29 is 0 Å². The van der Waals surface area contributed by atoms with Crippen molar-refractivity contribution in [3.63, 3.8) is 0 Å². The fraction of sp³-hybridized carbons (Fsp3) is 0.0267. The maximum atomic E-state index is 4.83. The van der Waals surface area contributed by atoms with Crippen LogP contribution < -0.4 is 0 Å². The number of fused-ring (bicyclic) bond motifs is 7. The van der Waals surface area contributed by atoms with Crippen LogP contribution in [0.2, 0.25) is 0 Å². The van der Waals surface area contributed by atoms with E-state index >= 15 is 0 Å². The second-order valence-corrected chi connectivity index (χ2v) is 33.9. The first kappa shape index (κ1) is 53.5. The molecule has 4 aliphatic heterocycles. The third kappa shape index (κ3) is 8.39. The van der Waals surface area contributed by atoms with Crippen LogP contribution in [0.15, 0.2) is 322 Å². The van der Waals surface area contributed by atoms with Crippen molar-refractivity contribution in [1.29, 1.82) is 0 Å². The number of thiazole rings is 4. The van der Waals surface area contributed by atoms with E-state index in [1.165, 1.54) is 82.4 Å². The normalized spacial score (nSPS) is 19.1. The van der Waals surface area contributed by atoms with Gasteiger partial charge in [-0.15, -0.1) is 94.7 Å². The molecule has 18 rings (SSSR count). The van der Waals surface area contributed by atoms with Crippen LogP contribution in [-0.2, 0) is 0 Å². The van der Waals surface area contributed by atoms with Crippen molar-refractivity contribution in [1.82, 2.24) is 29.1 Å². The summed E-state index contributed by atoms with van der Waals surface area (Å²) in [5.41, 5.74) is 17.8. The highest BCUT2D eigenvalue weighted by Crippen LogP contribution is 2.82. The van der Waals surface area contributed by atoms with Gasteiger partial charge in [-0.05, 0) is 167 Å². The van der Waals surface area contributed by atoms with Crippen molar-refractivity contribution in [2.45, 2.75) is 44.8 Å². The molecule has 0 bridgehead atoms. The molecule has 0 N–H and O–H groups in total. The molecule has 89 heavy (non-hydrogen) atoms. The molecule has 3 unspecified atom stereocenters. The van der Waals surface area contributed by atoms with Gasteiger partial charge in [0.1, 0.15) is 20.0 Å². The molecule has 5 aliphatic rings. The van der Waals surface area contributed by atoms with E-state index in [0.29, 0.717) is 0 Å². The quantitative estimate of drug-likeness (QED) is 0.114. The first-order valence-electron chi connectivity index (χ1n) is 29.1. The molecule has 0 saturated heterocycles. The highest BCUT2D eigenvalue weighted by atomic mass is 32.3. The number of aromatic nitrogens is 6. The van der Waals surface area contributed by atoms with Gasteiger partial charge in [-0.3, -0.25) is 0 Å². The topological polar surface area (TPSA) is 61.4 Å². The van der Waals surface area contributed by atoms with Crippen LogP contribution >= 0.6 is 88.9 Å². The Kier molecular flexibility index (Phi) is 13.0. The number of thioether (sulfide) groups is 2. The Hall–Kier alpha value is -8.50. The minimum absolute atomic E-state index is 0.278. The highest BCUT2D eigenvalue weighted by Gasteiger charge is 2.46. The van der Waals surface area contributed by atoms with Crippen LogP contribution in [0.1, 0.15) is 11.1 Å². The van der Waals surface area contributed by atoms with Crippen molar-refractivity contribution in [3.05, 3.63) is 299 Å². The van der Waals surface area contributed by atoms with Gasteiger partial charge in [-0.25, -0.2) is 19.9 Å². The standard InChI is InChI=1S/C75H48N6S8/c1-2-7-15-52(14-6-1)88(53-16-8-3-9-17-53)68-30-22-48(42-56(68)58-44-50(24-32-70(58)88)80-60(72-76-34-38-82-72)26-27-61(80)73-77-35-39-83-73)64-46-66-67(86-64)47-65(87-66)49-23-31-69-57(43-49)59-45-51(81-62(74-78-36-40-84-74)28-29-63(81)75-79-37-41-85-75)25-33-71(59)89(69,54-18-10-4-11-19-54)55-20-12-5-13-21-55/h1-14,16-47,66-67H. The van der Waals surface area contributed by atoms with Crippen molar-refractivity contribution >= 4 is 98.7 Å². The Labute approximate surface area is 542 Å². The molecule has 6 nitrogen and oxygen atoms in total. The summed E-state index contributed by atoms with van der Waals surface area (Å²) in [4.78, 5) is 32.5. The second kappa shape index (κ2) is 21.6. The molecular formula is C75H48N6S8. The van der Waals surface area contributed by atoms with Gasteiger partial charge in [-0.1, -0.05) is 97.1 Å². The van der Waals surface area contributed by atoms with Crippen molar-refractivity contribution in [2.75, 3.05) is 0 Å². The van der Waals surface area contributed by atoms with Gasteiger partial charge in [0.2, 0.25) is 0 Å². The van der Waals surface area contributed by atoms with Crippen LogP contribution in [0.25, 0.3) is 86.2 Å². The molecule has 1 aliphatic carbocycles. The Morgan fingerprint density at radius 2 is 0.753 bits per heavy atom. The maximum absolute atomic E-state index is 4.83. The Morgan fingerprint density at radius 1 is 0.371 bits per heavy atom. The van der Waals surface area contributed by atoms with E-state index in [4.69, 9.17) is 19.9 Å². The third-order valence-electron chi connectivity index (χ3n) is 17.1. The van der Waals surface area contributed by atoms with Gasteiger partial charge in [0.25, 0.3) is 0 Å². The summed E-state index contributed by atoms with van der Waals surface area (Å²) in [5, 5.41) is 12.7. The van der Waals surface area contributed by atoms with Crippen LogP contribution in [0.3, 0.4) is 0 Å². The van der Waals surface area contributed by atoms with Crippen LogP contribution in [0.5, 0.6) is 0 Å². The second-order valence-electron chi connectivity index (χ2n) is 21.8. The van der Waals surface area contributed by atoms with E-state index in [1.807, 2.05) is 48.3 Å². The Bertz CT molecular complexity index is 4980. The lowest BCUT2D eigenvalue weighted by atomic mass is 10.0. The van der Waals surface area contributed by atoms with E-state index in [-0.39, 0.29) is 10.5 Å². The summed E-state index contributed by atoms with van der Waals surface area (Å²) >= 11 is 10.7. The molecular weight excluding hydrogens is 1240 g/mol. The van der Waals surface area contributed by atoms with E-state index < -0.39 is 20.1 Å². The lowest BCUT2D eigenvalue weighted by Crippen LogP contribution is -2.04. The molecule has 426 valence electrons. The van der Waals surface area contributed by atoms with E-state index in [2.05, 4.69) is 267 Å². The zero-order chi connectivity index (χ0) is 58.6. The average Bonchev–Trinajstić information content (AvgIpc) is 1.58. The van der Waals surface area contributed by atoms with Gasteiger partial charge in [0, 0.05) is 117 Å². The van der Waals surface area contributed by atoms with Crippen LogP contribution in [-0.4, -0.2) is 39.6 Å². The van der Waals surface area contributed by atoms with Gasteiger partial charge in [-0.2, -0.15) is 0 Å². The number of nitrogens with zero attached hydrogens (tertiary/aromatic N) is 6. The molecule has 10 heterocycles. The minimum atomic E-state index is -1.99. The largest absolute Gasteiger partial charge is 0.305 e. The Balaban J connectivity index is 0.744. The van der Waals surface area contributed by atoms with E-state index in [9.17, 15) is 0 Å². The molecule has 7 aromatic carbocycles. The molecule has 14 heteroatoms. The number of hydrogen-bond donors (Lipinski definition) is 0. The minimum Gasteiger partial charge on any atom is -0.305 e. The molecule has 0 saturated carbocycles. The fourth-order valence-corrected chi connectivity index (χ4v) is 27.3. The lowest BCUT2D eigenvalue weighted by molar-refractivity contribution is 1.08. The molecule has 0 radical (unpaired) electrons. The summed E-state index contributed by atoms with van der Waals surface area (Å²) in [5.74, 6) is 0. The first-order valence-corrected chi connectivity index (χ1v) is 37.7. The monoisotopic (exact) mass is 1290 g/mol. The maximum Gasteiger partial charge on any atom is 0.140 e. The van der Waals surface area contributed by atoms with Crippen molar-refractivity contribution in [3.8, 4) is 76.4 Å². The van der Waals surface area contributed by atoms with Gasteiger partial charge < -0.3 is 9.13 Å².